The Labute approximate surface area is 173 Å². The molecular weight excluding hydrogens is 412 g/mol. The van der Waals surface area contributed by atoms with E-state index in [0.717, 1.165) is 0 Å². The maximum atomic E-state index is 13.2. The predicted octanol–water partition coefficient (Wildman–Crippen LogP) is 1.36. The van der Waals surface area contributed by atoms with E-state index in [-0.39, 0.29) is 28.0 Å². The van der Waals surface area contributed by atoms with Gasteiger partial charge < -0.3 is 9.47 Å². The Morgan fingerprint density at radius 2 is 1.87 bits per heavy atom. The minimum Gasteiger partial charge on any atom is -0.465 e. The molecule has 0 saturated carbocycles. The highest BCUT2D eigenvalue weighted by Crippen LogP contribution is 2.24. The van der Waals surface area contributed by atoms with Crippen LogP contribution in [0.25, 0.3) is 22.4 Å². The lowest BCUT2D eigenvalue weighted by atomic mass is 10.2. The largest absolute Gasteiger partial charge is 0.465 e. The molecule has 0 atom stereocenters. The molecule has 0 spiro atoms. The second kappa shape index (κ2) is 7.30. The summed E-state index contributed by atoms with van der Waals surface area (Å²) in [6.07, 6.45) is 4.61. The molecule has 0 radical (unpaired) electrons. The zero-order chi connectivity index (χ0) is 21.6. The van der Waals surface area contributed by atoms with E-state index in [4.69, 9.17) is 9.47 Å². The minimum atomic E-state index is -0.617. The molecule has 11 nitrogen and oxygen atoms in total. The molecule has 0 aromatic carbocycles. The summed E-state index contributed by atoms with van der Waals surface area (Å²) >= 11 is 1.25. The Hall–Kier alpha value is -3.67. The summed E-state index contributed by atoms with van der Waals surface area (Å²) in [5.41, 5.74) is 1.10. The normalized spacial score (nSPS) is 11.2. The fourth-order valence-corrected chi connectivity index (χ4v) is 3.74. The average Bonchev–Trinajstić information content (AvgIpc) is 3.33. The molecule has 4 aromatic heterocycles. The lowest BCUT2D eigenvalue weighted by Crippen LogP contribution is -2.21. The number of aromatic nitrogens is 6. The fourth-order valence-electron chi connectivity index (χ4n) is 3.22. The number of carbonyl (C=O) groups excluding carboxylic acids is 2. The summed E-state index contributed by atoms with van der Waals surface area (Å²) in [4.78, 5) is 41.8. The summed E-state index contributed by atoms with van der Waals surface area (Å²) in [6.45, 7) is 1.66. The summed E-state index contributed by atoms with van der Waals surface area (Å²) < 4.78 is 12.3. The van der Waals surface area contributed by atoms with Crippen molar-refractivity contribution in [2.24, 2.45) is 0 Å². The number of fused-ring (bicyclic) bond motifs is 3. The first kappa shape index (κ1) is 19.6. The third kappa shape index (κ3) is 2.76. The first-order valence-electron chi connectivity index (χ1n) is 8.62. The molecule has 0 aliphatic rings. The van der Waals surface area contributed by atoms with Crippen LogP contribution >= 0.6 is 11.8 Å². The number of nitrogens with one attached hydrogen (secondary N) is 1. The van der Waals surface area contributed by atoms with E-state index in [1.54, 1.807) is 19.2 Å². The Kier molecular flexibility index (Phi) is 4.78. The number of H-pyrrole nitrogens is 1. The summed E-state index contributed by atoms with van der Waals surface area (Å²) in [6, 6.07) is 1.64. The number of aromatic amines is 1. The van der Waals surface area contributed by atoms with Crippen molar-refractivity contribution < 1.29 is 19.1 Å². The number of thioether (sulfide) groups is 1. The molecule has 0 bridgehead atoms. The van der Waals surface area contributed by atoms with Crippen LogP contribution < -0.4 is 5.56 Å². The second-order valence-corrected chi connectivity index (χ2v) is 6.98. The van der Waals surface area contributed by atoms with Gasteiger partial charge in [-0.3, -0.25) is 14.5 Å². The standard InChI is InChI=1S/C18H16N6O5S/c1-8-11(17(26)28-2)13-19-7-9-10(24(13)22-8)5-6-23(16(9)25)14-12(18(27)29-3)15(30-4)21-20-14/h5-7H,1-4H3,(H,20,21). The molecule has 12 heteroatoms. The van der Waals surface area contributed by atoms with Gasteiger partial charge in [0.2, 0.25) is 0 Å². The van der Waals surface area contributed by atoms with Gasteiger partial charge in [0.05, 0.1) is 30.8 Å². The zero-order valence-corrected chi connectivity index (χ0v) is 17.2. The number of aryl methyl sites for hydroxylation is 1. The Morgan fingerprint density at radius 3 is 2.53 bits per heavy atom. The van der Waals surface area contributed by atoms with E-state index in [0.29, 0.717) is 16.2 Å². The molecule has 0 aliphatic carbocycles. The van der Waals surface area contributed by atoms with Gasteiger partial charge in [0, 0.05) is 12.4 Å². The van der Waals surface area contributed by atoms with Crippen LogP contribution in [0.15, 0.2) is 28.3 Å². The number of esters is 2. The number of hydrogen-bond acceptors (Lipinski definition) is 9. The van der Waals surface area contributed by atoms with Gasteiger partial charge in [-0.15, -0.1) is 11.8 Å². The molecule has 30 heavy (non-hydrogen) atoms. The third-order valence-electron chi connectivity index (χ3n) is 4.61. The minimum absolute atomic E-state index is 0.156. The monoisotopic (exact) mass is 428 g/mol. The van der Waals surface area contributed by atoms with Crippen molar-refractivity contribution in [2.75, 3.05) is 20.5 Å². The lowest BCUT2D eigenvalue weighted by Gasteiger charge is -2.08. The van der Waals surface area contributed by atoms with E-state index in [1.165, 1.54) is 47.5 Å². The molecule has 4 heterocycles. The topological polar surface area (TPSA) is 133 Å². The van der Waals surface area contributed by atoms with Crippen LogP contribution in [0.4, 0.5) is 0 Å². The third-order valence-corrected chi connectivity index (χ3v) is 5.30. The first-order valence-corrected chi connectivity index (χ1v) is 9.84. The smallest absolute Gasteiger partial charge is 0.344 e. The van der Waals surface area contributed by atoms with Crippen LogP contribution in [0, 0.1) is 6.92 Å². The van der Waals surface area contributed by atoms with Crippen LogP contribution in [-0.4, -0.2) is 61.8 Å². The Balaban J connectivity index is 1.99. The maximum absolute atomic E-state index is 13.2. The van der Waals surface area contributed by atoms with Gasteiger partial charge in [-0.25, -0.2) is 19.1 Å². The van der Waals surface area contributed by atoms with Gasteiger partial charge >= 0.3 is 11.9 Å². The molecule has 154 valence electrons. The van der Waals surface area contributed by atoms with Crippen molar-refractivity contribution in [1.82, 2.24) is 29.4 Å². The molecule has 0 unspecified atom stereocenters. The molecule has 0 fully saturated rings. The van der Waals surface area contributed by atoms with Crippen LogP contribution in [0.5, 0.6) is 0 Å². The van der Waals surface area contributed by atoms with Crippen molar-refractivity contribution in [3.05, 3.63) is 45.6 Å². The Morgan fingerprint density at radius 1 is 1.17 bits per heavy atom. The van der Waals surface area contributed by atoms with Crippen LogP contribution in [0.2, 0.25) is 0 Å². The number of hydrogen-bond donors (Lipinski definition) is 1. The maximum Gasteiger partial charge on any atom is 0.344 e. The van der Waals surface area contributed by atoms with Crippen molar-refractivity contribution in [2.45, 2.75) is 11.9 Å². The van der Waals surface area contributed by atoms with E-state index >= 15 is 0 Å². The number of ether oxygens (including phenoxy) is 2. The SMILES string of the molecule is COC(=O)c1c(SC)n[nH]c1-n1ccc2c(cnc3c(C(=O)OC)c(C)nn32)c1=O. The summed E-state index contributed by atoms with van der Waals surface area (Å²) in [5, 5.41) is 11.8. The van der Waals surface area contributed by atoms with E-state index in [9.17, 15) is 14.4 Å². The average molecular weight is 428 g/mol. The molecular formula is C18H16N6O5S. The second-order valence-electron chi connectivity index (χ2n) is 6.18. The highest BCUT2D eigenvalue weighted by atomic mass is 32.2. The van der Waals surface area contributed by atoms with E-state index in [2.05, 4.69) is 20.3 Å². The van der Waals surface area contributed by atoms with Gasteiger partial charge in [-0.05, 0) is 19.2 Å². The number of pyridine rings is 1. The molecule has 0 aliphatic heterocycles. The quantitative estimate of drug-likeness (QED) is 0.378. The van der Waals surface area contributed by atoms with E-state index in [1.807, 2.05) is 0 Å². The zero-order valence-electron chi connectivity index (χ0n) is 16.4. The van der Waals surface area contributed by atoms with Crippen molar-refractivity contribution in [3.8, 4) is 5.82 Å². The highest BCUT2D eigenvalue weighted by molar-refractivity contribution is 7.98. The number of methoxy groups -OCH3 is 2. The van der Waals surface area contributed by atoms with Gasteiger partial charge in [-0.1, -0.05) is 0 Å². The van der Waals surface area contributed by atoms with Crippen molar-refractivity contribution in [1.29, 1.82) is 0 Å². The van der Waals surface area contributed by atoms with Gasteiger partial charge in [0.15, 0.2) is 11.5 Å². The number of carbonyl (C=O) groups is 2. The molecule has 4 aromatic rings. The van der Waals surface area contributed by atoms with Crippen molar-refractivity contribution in [3.63, 3.8) is 0 Å². The van der Waals surface area contributed by atoms with Crippen LogP contribution in [-0.2, 0) is 9.47 Å². The summed E-state index contributed by atoms with van der Waals surface area (Å²) in [5.74, 6) is -0.994. The first-order chi connectivity index (χ1) is 14.4. The van der Waals surface area contributed by atoms with Gasteiger partial charge in [0.1, 0.15) is 16.2 Å². The van der Waals surface area contributed by atoms with Crippen LogP contribution in [0.3, 0.4) is 0 Å². The molecule has 1 N–H and O–H groups in total. The van der Waals surface area contributed by atoms with Gasteiger partial charge in [0.25, 0.3) is 5.56 Å². The molecule has 0 saturated heterocycles. The van der Waals surface area contributed by atoms with Gasteiger partial charge in [-0.2, -0.15) is 10.2 Å². The number of nitrogens with zero attached hydrogens (tertiary/aromatic N) is 5. The summed E-state index contributed by atoms with van der Waals surface area (Å²) in [7, 11) is 2.53. The fraction of sp³-hybridized carbons (Fsp3) is 0.222. The van der Waals surface area contributed by atoms with E-state index < -0.39 is 17.5 Å². The van der Waals surface area contributed by atoms with Crippen molar-refractivity contribution >= 4 is 40.3 Å². The van der Waals surface area contributed by atoms with Crippen LogP contribution in [0.1, 0.15) is 26.4 Å². The number of rotatable bonds is 4. The highest BCUT2D eigenvalue weighted by Gasteiger charge is 2.24. The molecule has 0 amide bonds. The molecule has 4 rings (SSSR count). The lowest BCUT2D eigenvalue weighted by molar-refractivity contribution is 0.0590. The Bertz CT molecular complexity index is 1390. The predicted molar refractivity (Wildman–Crippen MR) is 107 cm³/mol.